The van der Waals surface area contributed by atoms with Gasteiger partial charge in [0.25, 0.3) is 5.69 Å². The zero-order valence-corrected chi connectivity index (χ0v) is 24.1. The first-order valence-corrected chi connectivity index (χ1v) is 13.8. The van der Waals surface area contributed by atoms with Crippen molar-refractivity contribution in [2.24, 2.45) is 0 Å². The van der Waals surface area contributed by atoms with E-state index in [2.05, 4.69) is 23.3 Å². The van der Waals surface area contributed by atoms with Crippen LogP contribution in [0.3, 0.4) is 0 Å². The van der Waals surface area contributed by atoms with E-state index in [-0.39, 0.29) is 17.5 Å². The highest BCUT2D eigenvalue weighted by molar-refractivity contribution is 6.30. The van der Waals surface area contributed by atoms with Crippen molar-refractivity contribution in [3.05, 3.63) is 105 Å². The summed E-state index contributed by atoms with van der Waals surface area (Å²) in [4.78, 5) is 31.9. The summed E-state index contributed by atoms with van der Waals surface area (Å²) in [7, 11) is 6.00. The number of nitro groups is 1. The Morgan fingerprint density at radius 2 is 1.82 bits per heavy atom. The second-order valence-corrected chi connectivity index (χ2v) is 11.0. The van der Waals surface area contributed by atoms with Crippen molar-refractivity contribution in [1.29, 1.82) is 0 Å². The number of aromatic amines is 1. The van der Waals surface area contributed by atoms with Crippen LogP contribution in [0.2, 0.25) is 5.02 Å². The van der Waals surface area contributed by atoms with Gasteiger partial charge in [-0.05, 0) is 74.9 Å². The van der Waals surface area contributed by atoms with Gasteiger partial charge in [0.15, 0.2) is 0 Å². The summed E-state index contributed by atoms with van der Waals surface area (Å²) in [6.45, 7) is 3.11. The van der Waals surface area contributed by atoms with Crippen molar-refractivity contribution in [2.75, 3.05) is 32.6 Å². The van der Waals surface area contributed by atoms with Crippen LogP contribution in [-0.4, -0.2) is 54.4 Å². The smallest absolute Gasteiger partial charge is 0.269 e. The predicted molar refractivity (Wildman–Crippen MR) is 162 cm³/mol. The third-order valence-electron chi connectivity index (χ3n) is 6.98. The molecule has 1 amide bonds. The number of carbonyl (C=O) groups excluding carboxylic acids is 1. The van der Waals surface area contributed by atoms with E-state index in [9.17, 15) is 14.9 Å². The van der Waals surface area contributed by atoms with Crippen molar-refractivity contribution in [3.63, 3.8) is 0 Å². The summed E-state index contributed by atoms with van der Waals surface area (Å²) in [6.07, 6.45) is 3.74. The monoisotopic (exact) mass is 561 g/mol. The molecule has 3 aromatic carbocycles. The number of H-pyrrole nitrogens is 1. The van der Waals surface area contributed by atoms with Crippen LogP contribution in [0.4, 0.5) is 11.4 Å². The average molecular weight is 562 g/mol. The molecular weight excluding hydrogens is 526 g/mol. The maximum Gasteiger partial charge on any atom is 0.269 e. The van der Waals surface area contributed by atoms with Crippen molar-refractivity contribution in [1.82, 2.24) is 15.2 Å². The molecule has 8 nitrogen and oxygen atoms in total. The lowest BCUT2D eigenvalue weighted by atomic mass is 9.90. The molecular formula is C31H36ClN5O3. The number of amides is 1. The number of nitrogens with one attached hydrogen (secondary N) is 2. The average Bonchev–Trinajstić information content (AvgIpc) is 3.36. The summed E-state index contributed by atoms with van der Waals surface area (Å²) in [5.41, 5.74) is 4.99. The number of hydrogen-bond acceptors (Lipinski definition) is 5. The fourth-order valence-electron chi connectivity index (χ4n) is 5.05. The Balaban J connectivity index is 0.000000867. The molecule has 0 saturated heterocycles. The van der Waals surface area contributed by atoms with Crippen molar-refractivity contribution < 1.29 is 9.72 Å². The highest BCUT2D eigenvalue weighted by atomic mass is 35.5. The van der Waals surface area contributed by atoms with Crippen molar-refractivity contribution >= 4 is 39.8 Å². The number of nitro benzene ring substituents is 1. The fourth-order valence-corrected chi connectivity index (χ4v) is 5.25. The highest BCUT2D eigenvalue weighted by Gasteiger charge is 2.33. The third kappa shape index (κ3) is 6.88. The van der Waals surface area contributed by atoms with Crippen LogP contribution in [0.25, 0.3) is 10.9 Å². The fraction of sp³-hybridized carbons (Fsp3) is 0.323. The lowest BCUT2D eigenvalue weighted by molar-refractivity contribution is -0.384. The van der Waals surface area contributed by atoms with Crippen LogP contribution >= 0.6 is 11.6 Å². The topological polar surface area (TPSA) is 94.5 Å². The van der Waals surface area contributed by atoms with E-state index in [0.717, 1.165) is 46.1 Å². The second kappa shape index (κ2) is 13.1. The van der Waals surface area contributed by atoms with E-state index in [0.29, 0.717) is 18.1 Å². The van der Waals surface area contributed by atoms with E-state index in [1.807, 2.05) is 73.5 Å². The molecule has 0 fully saturated rings. The van der Waals surface area contributed by atoms with Gasteiger partial charge in [0.05, 0.1) is 11.0 Å². The maximum absolute atomic E-state index is 14.1. The summed E-state index contributed by atoms with van der Waals surface area (Å²) >= 11 is 6.23. The molecule has 0 saturated carbocycles. The van der Waals surface area contributed by atoms with Gasteiger partial charge < -0.3 is 20.1 Å². The van der Waals surface area contributed by atoms with E-state index in [1.54, 1.807) is 12.1 Å². The Bertz CT molecular complexity index is 1460. The number of fused-ring (bicyclic) bond motifs is 2. The normalized spacial score (nSPS) is 14.3. The molecule has 1 aromatic heterocycles. The minimum absolute atomic E-state index is 0.00188. The molecule has 1 aliphatic rings. The predicted octanol–water partition coefficient (Wildman–Crippen LogP) is 6.15. The Labute approximate surface area is 240 Å². The van der Waals surface area contributed by atoms with Crippen LogP contribution in [-0.2, 0) is 17.8 Å². The van der Waals surface area contributed by atoms with Gasteiger partial charge in [0, 0.05) is 58.9 Å². The molecule has 2 heterocycles. The number of nitrogens with zero attached hydrogens (tertiary/aromatic N) is 3. The van der Waals surface area contributed by atoms with Gasteiger partial charge in [0.2, 0.25) is 5.91 Å². The van der Waals surface area contributed by atoms with E-state index in [4.69, 9.17) is 11.6 Å². The van der Waals surface area contributed by atoms with Gasteiger partial charge in [-0.15, -0.1) is 0 Å². The van der Waals surface area contributed by atoms with Crippen LogP contribution in [0.15, 0.2) is 72.9 Å². The van der Waals surface area contributed by atoms with Crippen molar-refractivity contribution in [3.8, 4) is 0 Å². The highest BCUT2D eigenvalue weighted by Crippen LogP contribution is 2.33. The zero-order chi connectivity index (χ0) is 28.8. The molecule has 0 spiro atoms. The molecule has 2 atom stereocenters. The number of aromatic nitrogens is 1. The molecule has 4 aromatic rings. The van der Waals surface area contributed by atoms with Gasteiger partial charge in [-0.25, -0.2) is 0 Å². The Hall–Kier alpha value is -3.72. The number of anilines is 1. The van der Waals surface area contributed by atoms with Gasteiger partial charge >= 0.3 is 0 Å². The summed E-state index contributed by atoms with van der Waals surface area (Å²) in [5, 5.41) is 16.3. The molecule has 1 aliphatic heterocycles. The SMILES string of the molecule is CC(c1c[nH]c2ccccc12)C(NCc1ccc([N+](=O)[O-])cc1)C(=O)N1CCCc2cc(Cl)ccc21.CN(C)C. The third-order valence-corrected chi connectivity index (χ3v) is 7.21. The molecule has 2 unspecified atom stereocenters. The largest absolute Gasteiger partial charge is 0.361 e. The quantitative estimate of drug-likeness (QED) is 0.208. The number of aryl methyl sites for hydroxylation is 1. The number of benzene rings is 3. The van der Waals surface area contributed by atoms with Gasteiger partial charge in [-0.1, -0.05) is 48.9 Å². The standard InChI is InChI=1S/C28H27ClN4O3.C3H9N/c1-18(24-17-30-25-7-3-2-6-23(24)25)27(31-16-19-8-11-22(12-9-19)33(35)36)28(34)32-14-4-5-20-15-21(29)10-13-26(20)32;1-4(2)3/h2-3,6-13,15,17-18,27,30-31H,4-5,14,16H2,1H3;1-3H3. The van der Waals surface area contributed by atoms with Crippen LogP contribution < -0.4 is 10.2 Å². The molecule has 0 aliphatic carbocycles. The zero-order valence-electron chi connectivity index (χ0n) is 23.4. The second-order valence-electron chi connectivity index (χ2n) is 10.6. The summed E-state index contributed by atoms with van der Waals surface area (Å²) in [5.74, 6) is -0.137. The van der Waals surface area contributed by atoms with Gasteiger partial charge in [-0.3, -0.25) is 14.9 Å². The number of hydrogen-bond donors (Lipinski definition) is 2. The first kappa shape index (κ1) is 29.3. The molecule has 9 heteroatoms. The molecule has 2 N–H and O–H groups in total. The lowest BCUT2D eigenvalue weighted by Crippen LogP contribution is -2.50. The molecule has 5 rings (SSSR count). The minimum Gasteiger partial charge on any atom is -0.361 e. The van der Waals surface area contributed by atoms with Gasteiger partial charge in [-0.2, -0.15) is 0 Å². The minimum atomic E-state index is -0.513. The van der Waals surface area contributed by atoms with Crippen LogP contribution in [0.1, 0.15) is 36.0 Å². The maximum atomic E-state index is 14.1. The van der Waals surface area contributed by atoms with Crippen molar-refractivity contribution in [2.45, 2.75) is 38.3 Å². The van der Waals surface area contributed by atoms with E-state index < -0.39 is 11.0 Å². The Morgan fingerprint density at radius 3 is 2.52 bits per heavy atom. The Kier molecular flexibility index (Phi) is 9.58. The Morgan fingerprint density at radius 1 is 1.12 bits per heavy atom. The number of non-ortho nitro benzene ring substituents is 1. The summed E-state index contributed by atoms with van der Waals surface area (Å²) < 4.78 is 0. The van der Waals surface area contributed by atoms with Gasteiger partial charge in [0.1, 0.15) is 0 Å². The molecule has 0 bridgehead atoms. The molecule has 210 valence electrons. The summed E-state index contributed by atoms with van der Waals surface area (Å²) in [6, 6.07) is 19.7. The molecule has 0 radical (unpaired) electrons. The number of carbonyl (C=O) groups is 1. The first-order chi connectivity index (χ1) is 19.2. The van der Waals surface area contributed by atoms with Crippen LogP contribution in [0.5, 0.6) is 0 Å². The van der Waals surface area contributed by atoms with E-state index >= 15 is 0 Å². The number of halogens is 1. The van der Waals surface area contributed by atoms with Crippen LogP contribution in [0, 0.1) is 10.1 Å². The lowest BCUT2D eigenvalue weighted by Gasteiger charge is -2.35. The first-order valence-electron chi connectivity index (χ1n) is 13.4. The number of para-hydroxylation sites is 1. The van der Waals surface area contributed by atoms with E-state index in [1.165, 1.54) is 12.1 Å². The number of rotatable bonds is 7. The molecule has 40 heavy (non-hydrogen) atoms.